The molecule has 1 aromatic heterocycles. The summed E-state index contributed by atoms with van der Waals surface area (Å²) in [6.07, 6.45) is 1.16. The Hall–Kier alpha value is -1.39. The Morgan fingerprint density at radius 2 is 2.14 bits per heavy atom. The molecule has 2 unspecified atom stereocenters. The molecule has 0 saturated carbocycles. The molecule has 1 N–H and O–H groups in total. The molecule has 1 aromatic carbocycles. The molecule has 0 saturated heterocycles. The zero-order chi connectivity index (χ0) is 20.1. The SMILES string of the molecule is CN=C(NCC(C)N1CCc2ccccc21)N(C)Cc1csc(C(C)OC)n1.I. The van der Waals surface area contributed by atoms with E-state index in [9.17, 15) is 0 Å². The van der Waals surface area contributed by atoms with Gasteiger partial charge in [0.25, 0.3) is 0 Å². The highest BCUT2D eigenvalue weighted by Crippen LogP contribution is 2.29. The lowest BCUT2D eigenvalue weighted by molar-refractivity contribution is 0.119. The van der Waals surface area contributed by atoms with E-state index in [1.54, 1.807) is 18.4 Å². The van der Waals surface area contributed by atoms with Gasteiger partial charge in [-0.3, -0.25) is 4.99 Å². The quantitative estimate of drug-likeness (QED) is 0.335. The molecule has 0 fully saturated rings. The van der Waals surface area contributed by atoms with Crippen molar-refractivity contribution in [1.82, 2.24) is 15.2 Å². The van der Waals surface area contributed by atoms with Crippen LogP contribution in [0.25, 0.3) is 0 Å². The van der Waals surface area contributed by atoms with E-state index in [0.29, 0.717) is 12.6 Å². The summed E-state index contributed by atoms with van der Waals surface area (Å²) in [5.41, 5.74) is 3.85. The third kappa shape index (κ3) is 5.82. The van der Waals surface area contributed by atoms with E-state index >= 15 is 0 Å². The molecule has 2 aromatic rings. The smallest absolute Gasteiger partial charge is 0.193 e. The molecule has 29 heavy (non-hydrogen) atoms. The second kappa shape index (κ2) is 11.1. The number of thiazole rings is 1. The number of aliphatic imine (C=N–C) groups is 1. The molecular weight excluding hydrogens is 497 g/mol. The number of hydrogen-bond acceptors (Lipinski definition) is 5. The summed E-state index contributed by atoms with van der Waals surface area (Å²) in [6.45, 7) is 6.92. The van der Waals surface area contributed by atoms with Gasteiger partial charge < -0.3 is 19.9 Å². The molecular formula is C21H32IN5OS. The Bertz CT molecular complexity index is 812. The first-order valence-electron chi connectivity index (χ1n) is 9.77. The zero-order valence-corrected chi connectivity index (χ0v) is 21.0. The van der Waals surface area contributed by atoms with Gasteiger partial charge in [0.05, 0.1) is 12.2 Å². The number of rotatable bonds is 7. The minimum atomic E-state index is 0. The fourth-order valence-electron chi connectivity index (χ4n) is 3.56. The maximum absolute atomic E-state index is 5.36. The van der Waals surface area contributed by atoms with Crippen molar-refractivity contribution >= 4 is 47.0 Å². The van der Waals surface area contributed by atoms with Gasteiger partial charge in [0.15, 0.2) is 5.96 Å². The van der Waals surface area contributed by atoms with Crippen LogP contribution in [-0.2, 0) is 17.7 Å². The number of methoxy groups -OCH3 is 1. The number of ether oxygens (including phenoxy) is 1. The molecule has 2 atom stereocenters. The number of benzene rings is 1. The molecule has 3 rings (SSSR count). The van der Waals surface area contributed by atoms with E-state index in [2.05, 4.69) is 61.7 Å². The van der Waals surface area contributed by atoms with Crippen molar-refractivity contribution in [3.63, 3.8) is 0 Å². The van der Waals surface area contributed by atoms with Crippen LogP contribution in [0.3, 0.4) is 0 Å². The monoisotopic (exact) mass is 529 g/mol. The summed E-state index contributed by atoms with van der Waals surface area (Å²) in [5, 5.41) is 6.63. The van der Waals surface area contributed by atoms with E-state index in [1.807, 2.05) is 21.0 Å². The van der Waals surface area contributed by atoms with Crippen molar-refractivity contribution in [3.05, 3.63) is 45.9 Å². The summed E-state index contributed by atoms with van der Waals surface area (Å²) < 4.78 is 5.36. The number of nitrogens with zero attached hydrogens (tertiary/aromatic N) is 4. The van der Waals surface area contributed by atoms with Crippen molar-refractivity contribution < 1.29 is 4.74 Å². The molecule has 6 nitrogen and oxygen atoms in total. The van der Waals surface area contributed by atoms with Crippen LogP contribution >= 0.6 is 35.3 Å². The molecule has 0 aliphatic carbocycles. The van der Waals surface area contributed by atoms with Crippen molar-refractivity contribution in [2.24, 2.45) is 4.99 Å². The molecule has 0 amide bonds. The van der Waals surface area contributed by atoms with Crippen LogP contribution in [0.1, 0.15) is 36.2 Å². The van der Waals surface area contributed by atoms with Crippen LogP contribution in [0.5, 0.6) is 0 Å². The number of halogens is 1. The fraction of sp³-hybridized carbons (Fsp3) is 0.524. The number of aromatic nitrogens is 1. The molecule has 8 heteroatoms. The van der Waals surface area contributed by atoms with Gasteiger partial charge >= 0.3 is 0 Å². The minimum absolute atomic E-state index is 0. The number of nitrogens with one attached hydrogen (secondary N) is 1. The Morgan fingerprint density at radius 1 is 1.38 bits per heavy atom. The van der Waals surface area contributed by atoms with Crippen molar-refractivity contribution in [3.8, 4) is 0 Å². The summed E-state index contributed by atoms with van der Waals surface area (Å²) in [7, 11) is 5.58. The van der Waals surface area contributed by atoms with Crippen LogP contribution in [0, 0.1) is 0 Å². The van der Waals surface area contributed by atoms with Gasteiger partial charge in [0.1, 0.15) is 11.1 Å². The van der Waals surface area contributed by atoms with Gasteiger partial charge in [-0.2, -0.15) is 0 Å². The first-order valence-corrected chi connectivity index (χ1v) is 10.6. The van der Waals surface area contributed by atoms with Crippen LogP contribution in [0.2, 0.25) is 0 Å². The number of para-hydroxylation sites is 1. The maximum atomic E-state index is 5.36. The molecule has 0 bridgehead atoms. The van der Waals surface area contributed by atoms with E-state index in [-0.39, 0.29) is 30.1 Å². The first-order chi connectivity index (χ1) is 13.5. The Balaban J connectivity index is 0.00000300. The standard InChI is InChI=1S/C21H31N5OS.HI/c1-15(26-11-10-17-8-6-7-9-19(17)26)12-23-21(22-3)25(4)13-18-14-28-20(24-18)16(2)27-5;/h6-9,14-16H,10-13H2,1-5H3,(H,22,23);1H. The maximum Gasteiger partial charge on any atom is 0.193 e. The molecule has 0 spiro atoms. The van der Waals surface area contributed by atoms with E-state index in [0.717, 1.165) is 36.2 Å². The summed E-state index contributed by atoms with van der Waals surface area (Å²) in [6, 6.07) is 9.09. The number of hydrogen-bond donors (Lipinski definition) is 1. The van der Waals surface area contributed by atoms with Gasteiger partial charge in [0, 0.05) is 51.4 Å². The molecule has 1 aliphatic rings. The average Bonchev–Trinajstić information content (AvgIpc) is 3.34. The highest BCUT2D eigenvalue weighted by molar-refractivity contribution is 14.0. The Labute approximate surface area is 195 Å². The highest BCUT2D eigenvalue weighted by Gasteiger charge is 2.23. The normalized spacial score (nSPS) is 15.5. The largest absolute Gasteiger partial charge is 0.375 e. The lowest BCUT2D eigenvalue weighted by atomic mass is 10.2. The van der Waals surface area contributed by atoms with Gasteiger partial charge in [0.2, 0.25) is 0 Å². The van der Waals surface area contributed by atoms with E-state index in [1.165, 1.54) is 11.3 Å². The topological polar surface area (TPSA) is 53.0 Å². The van der Waals surface area contributed by atoms with Crippen molar-refractivity contribution in [1.29, 1.82) is 0 Å². The summed E-state index contributed by atoms with van der Waals surface area (Å²) >= 11 is 1.64. The average molecular weight is 529 g/mol. The first kappa shape index (κ1) is 23.9. The number of guanidine groups is 1. The van der Waals surface area contributed by atoms with E-state index in [4.69, 9.17) is 4.74 Å². The van der Waals surface area contributed by atoms with Crippen molar-refractivity contribution in [2.45, 2.75) is 39.0 Å². The second-order valence-electron chi connectivity index (χ2n) is 7.26. The van der Waals surface area contributed by atoms with Crippen LogP contribution < -0.4 is 10.2 Å². The van der Waals surface area contributed by atoms with Crippen LogP contribution in [-0.4, -0.2) is 56.2 Å². The van der Waals surface area contributed by atoms with Gasteiger partial charge in [-0.05, 0) is 31.9 Å². The predicted molar refractivity (Wildman–Crippen MR) is 133 cm³/mol. The zero-order valence-electron chi connectivity index (χ0n) is 17.9. The lowest BCUT2D eigenvalue weighted by Crippen LogP contribution is -2.46. The fourth-order valence-corrected chi connectivity index (χ4v) is 4.40. The summed E-state index contributed by atoms with van der Waals surface area (Å²) in [5.74, 6) is 0.883. The molecule has 0 radical (unpaired) electrons. The van der Waals surface area contributed by atoms with Gasteiger partial charge in [-0.1, -0.05) is 18.2 Å². The minimum Gasteiger partial charge on any atom is -0.375 e. The Kier molecular flexibility index (Phi) is 9.16. The van der Waals surface area contributed by atoms with Gasteiger partial charge in [-0.25, -0.2) is 4.98 Å². The number of anilines is 1. The van der Waals surface area contributed by atoms with Crippen LogP contribution in [0.4, 0.5) is 5.69 Å². The lowest BCUT2D eigenvalue weighted by Gasteiger charge is -2.29. The third-order valence-corrected chi connectivity index (χ3v) is 6.31. The van der Waals surface area contributed by atoms with Crippen molar-refractivity contribution in [2.75, 3.05) is 39.2 Å². The van der Waals surface area contributed by atoms with Crippen LogP contribution in [0.15, 0.2) is 34.6 Å². The second-order valence-corrected chi connectivity index (χ2v) is 8.15. The Morgan fingerprint density at radius 3 is 2.86 bits per heavy atom. The highest BCUT2D eigenvalue weighted by atomic mass is 127. The molecule has 160 valence electrons. The summed E-state index contributed by atoms with van der Waals surface area (Å²) in [4.78, 5) is 13.7. The molecule has 2 heterocycles. The predicted octanol–water partition coefficient (Wildman–Crippen LogP) is 3.93. The number of fused-ring (bicyclic) bond motifs is 1. The molecule has 1 aliphatic heterocycles. The van der Waals surface area contributed by atoms with Gasteiger partial charge in [-0.15, -0.1) is 35.3 Å². The van der Waals surface area contributed by atoms with E-state index < -0.39 is 0 Å². The third-order valence-electron chi connectivity index (χ3n) is 5.25.